The van der Waals surface area contributed by atoms with Gasteiger partial charge in [-0.1, -0.05) is 0 Å². The summed E-state index contributed by atoms with van der Waals surface area (Å²) in [4.78, 5) is 4.32. The minimum absolute atomic E-state index is 0.308. The third-order valence-electron chi connectivity index (χ3n) is 3.37. The second-order valence-corrected chi connectivity index (χ2v) is 5.57. The zero-order chi connectivity index (χ0) is 15.1. The van der Waals surface area contributed by atoms with Crippen molar-refractivity contribution in [3.05, 3.63) is 46.2 Å². The molecule has 0 aliphatic carbocycles. The highest BCUT2D eigenvalue weighted by Crippen LogP contribution is 2.30. The molecule has 0 radical (unpaired) electrons. The molecular weight excluding hydrogens is 337 g/mol. The summed E-state index contributed by atoms with van der Waals surface area (Å²) in [5, 5.41) is 0. The smallest absolute Gasteiger partial charge is 0.205 e. The lowest BCUT2D eigenvalue weighted by atomic mass is 10.2. The summed E-state index contributed by atoms with van der Waals surface area (Å²) in [6.07, 6.45) is 0. The molecule has 0 saturated heterocycles. The highest BCUT2D eigenvalue weighted by Gasteiger charge is 2.14. The summed E-state index contributed by atoms with van der Waals surface area (Å²) in [5.41, 5.74) is 9.08. The van der Waals surface area contributed by atoms with Crippen molar-refractivity contribution >= 4 is 32.9 Å². The van der Waals surface area contributed by atoms with Crippen molar-refractivity contribution < 1.29 is 9.13 Å². The molecular formula is C15H13BrFN3O. The number of nitrogen functional groups attached to an aromatic ring is 1. The number of nitrogens with zero attached hydrogens (tertiary/aromatic N) is 2. The minimum atomic E-state index is -0.342. The molecule has 0 atom stereocenters. The number of nitrogens with two attached hydrogens (primary N) is 1. The van der Waals surface area contributed by atoms with E-state index in [1.165, 1.54) is 6.07 Å². The first-order valence-electron chi connectivity index (χ1n) is 6.29. The summed E-state index contributed by atoms with van der Waals surface area (Å²) in [6.45, 7) is 1.90. The zero-order valence-electron chi connectivity index (χ0n) is 11.5. The molecule has 0 bridgehead atoms. The Morgan fingerprint density at radius 1 is 1.29 bits per heavy atom. The molecule has 1 heterocycles. The Balaban J connectivity index is 2.30. The highest BCUT2D eigenvalue weighted by molar-refractivity contribution is 9.10. The number of hydrogen-bond donors (Lipinski definition) is 1. The molecule has 0 saturated carbocycles. The fourth-order valence-corrected chi connectivity index (χ4v) is 2.79. The number of ether oxygens (including phenoxy) is 1. The van der Waals surface area contributed by atoms with Gasteiger partial charge in [-0.15, -0.1) is 0 Å². The molecule has 2 N–H and O–H groups in total. The number of imidazole rings is 1. The summed E-state index contributed by atoms with van der Waals surface area (Å²) < 4.78 is 21.2. The van der Waals surface area contributed by atoms with Gasteiger partial charge in [0.1, 0.15) is 11.6 Å². The van der Waals surface area contributed by atoms with E-state index in [1.807, 2.05) is 19.1 Å². The first-order valence-corrected chi connectivity index (χ1v) is 7.08. The maximum Gasteiger partial charge on any atom is 0.205 e. The monoisotopic (exact) mass is 349 g/mol. The van der Waals surface area contributed by atoms with E-state index >= 15 is 0 Å². The normalized spacial score (nSPS) is 11.0. The molecule has 0 spiro atoms. The maximum atomic E-state index is 13.9. The molecule has 21 heavy (non-hydrogen) atoms. The first-order chi connectivity index (χ1) is 10.0. The maximum absolute atomic E-state index is 13.9. The Hall–Kier alpha value is -2.08. The van der Waals surface area contributed by atoms with Gasteiger partial charge in [-0.25, -0.2) is 9.37 Å². The van der Waals surface area contributed by atoms with E-state index in [0.29, 0.717) is 27.4 Å². The van der Waals surface area contributed by atoms with Crippen molar-refractivity contribution in [3.8, 4) is 11.4 Å². The summed E-state index contributed by atoms with van der Waals surface area (Å²) in [6, 6.07) is 8.65. The quantitative estimate of drug-likeness (QED) is 0.764. The lowest BCUT2D eigenvalue weighted by Crippen LogP contribution is -2.03. The van der Waals surface area contributed by atoms with Crippen LogP contribution in [0.25, 0.3) is 16.7 Å². The van der Waals surface area contributed by atoms with Crippen LogP contribution >= 0.6 is 15.9 Å². The Bertz CT molecular complexity index is 845. The van der Waals surface area contributed by atoms with Crippen LogP contribution in [0.15, 0.2) is 34.8 Å². The topological polar surface area (TPSA) is 53.1 Å². The number of hydrogen-bond acceptors (Lipinski definition) is 3. The van der Waals surface area contributed by atoms with Crippen molar-refractivity contribution in [2.24, 2.45) is 0 Å². The molecule has 4 nitrogen and oxygen atoms in total. The lowest BCUT2D eigenvalue weighted by molar-refractivity contribution is 0.415. The van der Waals surface area contributed by atoms with Crippen molar-refractivity contribution in [3.63, 3.8) is 0 Å². The summed E-state index contributed by atoms with van der Waals surface area (Å²) in [5.74, 6) is 0.666. The van der Waals surface area contributed by atoms with Gasteiger partial charge in [-0.2, -0.15) is 0 Å². The molecule has 108 valence electrons. The van der Waals surface area contributed by atoms with Gasteiger partial charge in [0, 0.05) is 6.07 Å². The molecule has 2 aromatic carbocycles. The number of aryl methyl sites for hydroxylation is 1. The molecule has 6 heteroatoms. The van der Waals surface area contributed by atoms with E-state index in [1.54, 1.807) is 23.8 Å². The van der Waals surface area contributed by atoms with E-state index in [2.05, 4.69) is 20.9 Å². The predicted molar refractivity (Wildman–Crippen MR) is 84.4 cm³/mol. The largest absolute Gasteiger partial charge is 0.497 e. The van der Waals surface area contributed by atoms with E-state index < -0.39 is 0 Å². The van der Waals surface area contributed by atoms with Crippen LogP contribution in [0.5, 0.6) is 5.75 Å². The summed E-state index contributed by atoms with van der Waals surface area (Å²) in [7, 11) is 1.59. The van der Waals surface area contributed by atoms with E-state index in [0.717, 1.165) is 11.1 Å². The van der Waals surface area contributed by atoms with Gasteiger partial charge in [-0.3, -0.25) is 4.57 Å². The second kappa shape index (κ2) is 5.04. The molecule has 0 fully saturated rings. The van der Waals surface area contributed by atoms with Crippen LogP contribution in [0.3, 0.4) is 0 Å². The average molecular weight is 350 g/mol. The summed E-state index contributed by atoms with van der Waals surface area (Å²) >= 11 is 3.18. The standard InChI is InChI=1S/C15H13BrFN3O/c1-8-5-10(16)11(17)7-14(8)20-13-4-3-9(21-2)6-12(13)19-15(20)18/h3-7H,1-2H3,(H2,18,19). The van der Waals surface area contributed by atoms with Gasteiger partial charge in [0.2, 0.25) is 5.95 Å². The Labute approximate surface area is 129 Å². The number of methoxy groups -OCH3 is 1. The fourth-order valence-electron chi connectivity index (χ4n) is 2.34. The van der Waals surface area contributed by atoms with Crippen LogP contribution < -0.4 is 10.5 Å². The Kier molecular flexibility index (Phi) is 3.33. The molecule has 0 unspecified atom stereocenters. The number of fused-ring (bicyclic) bond motifs is 1. The van der Waals surface area contributed by atoms with Crippen LogP contribution in [-0.4, -0.2) is 16.7 Å². The molecule has 0 amide bonds. The third-order valence-corrected chi connectivity index (χ3v) is 3.98. The number of halogens is 2. The molecule has 0 aliphatic rings. The van der Waals surface area contributed by atoms with E-state index in [4.69, 9.17) is 10.5 Å². The van der Waals surface area contributed by atoms with Gasteiger partial charge in [0.05, 0.1) is 28.3 Å². The van der Waals surface area contributed by atoms with Gasteiger partial charge in [0.25, 0.3) is 0 Å². The predicted octanol–water partition coefficient (Wildman–Crippen LogP) is 3.83. The minimum Gasteiger partial charge on any atom is -0.497 e. The van der Waals surface area contributed by atoms with Crippen LogP contribution in [0.4, 0.5) is 10.3 Å². The third kappa shape index (κ3) is 2.25. The highest BCUT2D eigenvalue weighted by atomic mass is 79.9. The Morgan fingerprint density at radius 3 is 2.76 bits per heavy atom. The van der Waals surface area contributed by atoms with Crippen molar-refractivity contribution in [2.45, 2.75) is 6.92 Å². The zero-order valence-corrected chi connectivity index (χ0v) is 13.1. The van der Waals surface area contributed by atoms with Gasteiger partial charge < -0.3 is 10.5 Å². The average Bonchev–Trinajstić information content (AvgIpc) is 2.77. The first kappa shape index (κ1) is 13.9. The lowest BCUT2D eigenvalue weighted by Gasteiger charge is -2.11. The van der Waals surface area contributed by atoms with Crippen molar-refractivity contribution in [1.29, 1.82) is 0 Å². The van der Waals surface area contributed by atoms with E-state index in [9.17, 15) is 4.39 Å². The van der Waals surface area contributed by atoms with Crippen LogP contribution in [-0.2, 0) is 0 Å². The fraction of sp³-hybridized carbons (Fsp3) is 0.133. The van der Waals surface area contributed by atoms with Gasteiger partial charge >= 0.3 is 0 Å². The molecule has 3 aromatic rings. The SMILES string of the molecule is COc1ccc2c(c1)nc(N)n2-c1cc(F)c(Br)cc1C. The van der Waals surface area contributed by atoms with Crippen molar-refractivity contribution in [2.75, 3.05) is 12.8 Å². The van der Waals surface area contributed by atoms with Gasteiger partial charge in [0.15, 0.2) is 0 Å². The van der Waals surface area contributed by atoms with E-state index in [-0.39, 0.29) is 5.82 Å². The van der Waals surface area contributed by atoms with Crippen LogP contribution in [0.1, 0.15) is 5.56 Å². The van der Waals surface area contributed by atoms with Crippen molar-refractivity contribution in [1.82, 2.24) is 9.55 Å². The molecule has 3 rings (SSSR count). The number of aromatic nitrogens is 2. The number of anilines is 1. The molecule has 1 aromatic heterocycles. The number of benzene rings is 2. The second-order valence-electron chi connectivity index (χ2n) is 4.71. The molecule has 0 aliphatic heterocycles. The number of rotatable bonds is 2. The van der Waals surface area contributed by atoms with Gasteiger partial charge in [-0.05, 0) is 52.7 Å². The van der Waals surface area contributed by atoms with Crippen LogP contribution in [0.2, 0.25) is 0 Å². The Morgan fingerprint density at radius 2 is 2.05 bits per heavy atom. The van der Waals surface area contributed by atoms with Crippen LogP contribution in [0, 0.1) is 12.7 Å².